The molecule has 1 N–H and O–H groups in total. The molecule has 0 saturated carbocycles. The molecule has 0 aliphatic heterocycles. The van der Waals surface area contributed by atoms with E-state index >= 15 is 0 Å². The van der Waals surface area contributed by atoms with Crippen molar-refractivity contribution in [3.63, 3.8) is 0 Å². The lowest BCUT2D eigenvalue weighted by Gasteiger charge is -2.04. The zero-order valence-corrected chi connectivity index (χ0v) is 8.85. The van der Waals surface area contributed by atoms with Gasteiger partial charge in [0, 0.05) is 6.20 Å². The summed E-state index contributed by atoms with van der Waals surface area (Å²) in [4.78, 5) is 14.5. The third-order valence-corrected chi connectivity index (χ3v) is 1.98. The quantitative estimate of drug-likeness (QED) is 0.807. The van der Waals surface area contributed by atoms with Gasteiger partial charge in [-0.2, -0.15) is 0 Å². The van der Waals surface area contributed by atoms with Crippen LogP contribution in [0.15, 0.2) is 30.7 Å². The summed E-state index contributed by atoms with van der Waals surface area (Å²) in [6.07, 6.45) is 4.61. The van der Waals surface area contributed by atoms with Crippen LogP contribution in [0.2, 0.25) is 0 Å². The number of rotatable bonds is 5. The molecule has 0 spiro atoms. The average molecular weight is 234 g/mol. The van der Waals surface area contributed by atoms with Gasteiger partial charge in [-0.3, -0.25) is 4.98 Å². The number of carboxylic acid groups (broad SMARTS) is 1. The first-order valence-corrected chi connectivity index (χ1v) is 4.92. The number of hydrogen-bond donors (Lipinski definition) is 1. The minimum absolute atomic E-state index is 0.0774. The van der Waals surface area contributed by atoms with E-state index in [9.17, 15) is 4.79 Å². The van der Waals surface area contributed by atoms with E-state index in [0.29, 0.717) is 18.9 Å². The predicted octanol–water partition coefficient (Wildman–Crippen LogP) is 0.450. The number of hydrogen-bond acceptors (Lipinski definition) is 5. The van der Waals surface area contributed by atoms with E-state index < -0.39 is 5.97 Å². The first kappa shape index (κ1) is 11.1. The summed E-state index contributed by atoms with van der Waals surface area (Å²) < 4.78 is 6.80. The number of aromatic nitrogens is 4. The minimum Gasteiger partial charge on any atom is -0.490 e. The summed E-state index contributed by atoms with van der Waals surface area (Å²) in [5.74, 6) is -0.435. The van der Waals surface area contributed by atoms with Gasteiger partial charge in [-0.25, -0.2) is 9.48 Å². The molecule has 7 heteroatoms. The first-order chi connectivity index (χ1) is 8.25. The van der Waals surface area contributed by atoms with E-state index in [-0.39, 0.29) is 5.69 Å². The molecule has 0 amide bonds. The van der Waals surface area contributed by atoms with Crippen LogP contribution in [0.4, 0.5) is 0 Å². The molecule has 2 aromatic rings. The number of carbonyl (C=O) groups is 1. The summed E-state index contributed by atoms with van der Waals surface area (Å²) in [5.41, 5.74) is -0.0774. The Morgan fingerprint density at radius 2 is 2.41 bits per heavy atom. The fraction of sp³-hybridized carbons (Fsp3) is 0.200. The van der Waals surface area contributed by atoms with E-state index in [1.54, 1.807) is 24.5 Å². The Hall–Kier alpha value is -2.44. The molecule has 0 atom stereocenters. The lowest BCUT2D eigenvalue weighted by molar-refractivity contribution is 0.0690. The van der Waals surface area contributed by atoms with Crippen molar-refractivity contribution < 1.29 is 14.6 Å². The number of aromatic carboxylic acids is 1. The SMILES string of the molecule is O=C(O)c1cn(CCOc2cccnc2)nn1. The maximum absolute atomic E-state index is 10.6. The van der Waals surface area contributed by atoms with Gasteiger partial charge in [0.2, 0.25) is 0 Å². The fourth-order valence-electron chi connectivity index (χ4n) is 1.20. The zero-order chi connectivity index (χ0) is 12.1. The van der Waals surface area contributed by atoms with Crippen molar-refractivity contribution in [1.29, 1.82) is 0 Å². The van der Waals surface area contributed by atoms with Gasteiger partial charge in [0.15, 0.2) is 5.69 Å². The molecule has 2 heterocycles. The average Bonchev–Trinajstić information content (AvgIpc) is 2.79. The van der Waals surface area contributed by atoms with E-state index in [2.05, 4.69) is 15.3 Å². The molecule has 0 aliphatic carbocycles. The smallest absolute Gasteiger partial charge is 0.358 e. The van der Waals surface area contributed by atoms with Crippen LogP contribution in [0.3, 0.4) is 0 Å². The molecule has 0 unspecified atom stereocenters. The van der Waals surface area contributed by atoms with Crippen LogP contribution in [-0.4, -0.2) is 37.7 Å². The highest BCUT2D eigenvalue weighted by molar-refractivity contribution is 5.84. The molecular weight excluding hydrogens is 224 g/mol. The molecule has 17 heavy (non-hydrogen) atoms. The maximum atomic E-state index is 10.6. The van der Waals surface area contributed by atoms with Gasteiger partial charge >= 0.3 is 5.97 Å². The summed E-state index contributed by atoms with van der Waals surface area (Å²) >= 11 is 0. The normalized spacial score (nSPS) is 10.1. The molecule has 0 saturated heterocycles. The van der Waals surface area contributed by atoms with Gasteiger partial charge < -0.3 is 9.84 Å². The molecule has 88 valence electrons. The Labute approximate surface area is 96.7 Å². The maximum Gasteiger partial charge on any atom is 0.358 e. The van der Waals surface area contributed by atoms with E-state index in [1.807, 2.05) is 0 Å². The molecule has 2 rings (SSSR count). The van der Waals surface area contributed by atoms with Crippen molar-refractivity contribution in [3.8, 4) is 5.75 Å². The largest absolute Gasteiger partial charge is 0.490 e. The number of ether oxygens (including phenoxy) is 1. The van der Waals surface area contributed by atoms with Crippen LogP contribution in [0, 0.1) is 0 Å². The molecule has 0 fully saturated rings. The topological polar surface area (TPSA) is 90.1 Å². The van der Waals surface area contributed by atoms with Crippen LogP contribution in [0.5, 0.6) is 5.75 Å². The monoisotopic (exact) mass is 234 g/mol. The van der Waals surface area contributed by atoms with Crippen LogP contribution < -0.4 is 4.74 Å². The van der Waals surface area contributed by atoms with E-state index in [0.717, 1.165) is 0 Å². The lowest BCUT2D eigenvalue weighted by Crippen LogP contribution is -2.08. The minimum atomic E-state index is -1.09. The Kier molecular flexibility index (Phi) is 3.29. The second-order valence-electron chi connectivity index (χ2n) is 3.21. The van der Waals surface area contributed by atoms with Gasteiger partial charge in [0.25, 0.3) is 0 Å². The van der Waals surface area contributed by atoms with Crippen molar-refractivity contribution in [2.45, 2.75) is 6.54 Å². The predicted molar refractivity (Wildman–Crippen MR) is 56.7 cm³/mol. The highest BCUT2D eigenvalue weighted by atomic mass is 16.5. The summed E-state index contributed by atoms with van der Waals surface area (Å²) in [7, 11) is 0. The van der Waals surface area contributed by atoms with Crippen molar-refractivity contribution in [1.82, 2.24) is 20.0 Å². The second kappa shape index (κ2) is 5.06. The van der Waals surface area contributed by atoms with Gasteiger partial charge in [-0.1, -0.05) is 5.21 Å². The molecule has 0 aliphatic rings. The van der Waals surface area contributed by atoms with Crippen LogP contribution in [0.1, 0.15) is 10.5 Å². The molecule has 2 aromatic heterocycles. The highest BCUT2D eigenvalue weighted by Crippen LogP contribution is 2.05. The van der Waals surface area contributed by atoms with Crippen LogP contribution in [0.25, 0.3) is 0 Å². The number of carboxylic acids is 1. The van der Waals surface area contributed by atoms with Gasteiger partial charge in [-0.05, 0) is 12.1 Å². The van der Waals surface area contributed by atoms with Crippen molar-refractivity contribution in [2.75, 3.05) is 6.61 Å². The van der Waals surface area contributed by atoms with E-state index in [4.69, 9.17) is 9.84 Å². The number of nitrogens with zero attached hydrogens (tertiary/aromatic N) is 4. The standard InChI is InChI=1S/C10H10N4O3/c15-10(16)9-7-14(13-12-9)4-5-17-8-2-1-3-11-6-8/h1-3,6-7H,4-5H2,(H,15,16). The van der Waals surface area contributed by atoms with Crippen LogP contribution >= 0.6 is 0 Å². The van der Waals surface area contributed by atoms with Crippen molar-refractivity contribution >= 4 is 5.97 Å². The molecule has 0 bridgehead atoms. The van der Waals surface area contributed by atoms with Crippen LogP contribution in [-0.2, 0) is 6.54 Å². The van der Waals surface area contributed by atoms with Gasteiger partial charge in [-0.15, -0.1) is 5.10 Å². The number of pyridine rings is 1. The third kappa shape index (κ3) is 3.00. The van der Waals surface area contributed by atoms with Gasteiger partial charge in [0.05, 0.1) is 18.9 Å². The Balaban J connectivity index is 1.84. The third-order valence-electron chi connectivity index (χ3n) is 1.98. The van der Waals surface area contributed by atoms with E-state index in [1.165, 1.54) is 10.9 Å². The Morgan fingerprint density at radius 1 is 1.53 bits per heavy atom. The molecular formula is C10H10N4O3. The second-order valence-corrected chi connectivity index (χ2v) is 3.21. The summed E-state index contributed by atoms with van der Waals surface area (Å²) in [6, 6.07) is 3.56. The molecule has 0 radical (unpaired) electrons. The van der Waals surface area contributed by atoms with Gasteiger partial charge in [0.1, 0.15) is 12.4 Å². The summed E-state index contributed by atoms with van der Waals surface area (Å²) in [6.45, 7) is 0.795. The van der Waals surface area contributed by atoms with Crippen molar-refractivity contribution in [2.24, 2.45) is 0 Å². The zero-order valence-electron chi connectivity index (χ0n) is 8.85. The summed E-state index contributed by atoms with van der Waals surface area (Å²) in [5, 5.41) is 15.8. The Bertz CT molecular complexity index is 497. The lowest BCUT2D eigenvalue weighted by atomic mass is 10.5. The first-order valence-electron chi connectivity index (χ1n) is 4.92. The highest BCUT2D eigenvalue weighted by Gasteiger charge is 2.07. The van der Waals surface area contributed by atoms with Crippen molar-refractivity contribution in [3.05, 3.63) is 36.4 Å². The molecule has 0 aromatic carbocycles. The molecule has 7 nitrogen and oxygen atoms in total. The Morgan fingerprint density at radius 3 is 3.06 bits per heavy atom. The fourth-order valence-corrected chi connectivity index (χ4v) is 1.20.